The Labute approximate surface area is 152 Å². The zero-order valence-electron chi connectivity index (χ0n) is 14.6. The number of carbonyl (C=O) groups is 1. The number of rotatable bonds is 4. The number of benzene rings is 2. The highest BCUT2D eigenvalue weighted by atomic mass is 32.2. The van der Waals surface area contributed by atoms with Gasteiger partial charge in [-0.2, -0.15) is 0 Å². The van der Waals surface area contributed by atoms with Crippen LogP contribution in [-0.2, 0) is 21.1 Å². The molecule has 1 aliphatic rings. The standard InChI is InChI=1S/C20H21NO4S/c1-2-21(16-9-10-26(23,24)13-16)19(22)11-15-12-25-18-8-7-14-5-3-4-6-17(14)20(15)18/h3-8,12,16H,2,9-11,13H2,1H3/t16-/m0/s1. The number of hydrogen-bond acceptors (Lipinski definition) is 4. The van der Waals surface area contributed by atoms with Crippen LogP contribution in [0.25, 0.3) is 21.7 Å². The SMILES string of the molecule is CCN(C(=O)Cc1coc2ccc3ccccc3c12)[C@H]1CCS(=O)(=O)C1. The maximum Gasteiger partial charge on any atom is 0.227 e. The minimum Gasteiger partial charge on any atom is -0.464 e. The third-order valence-corrected chi connectivity index (χ3v) is 6.94. The van der Waals surface area contributed by atoms with E-state index in [2.05, 4.69) is 0 Å². The van der Waals surface area contributed by atoms with Crippen molar-refractivity contribution in [2.24, 2.45) is 0 Å². The zero-order valence-corrected chi connectivity index (χ0v) is 15.5. The van der Waals surface area contributed by atoms with Crippen molar-refractivity contribution in [3.63, 3.8) is 0 Å². The summed E-state index contributed by atoms with van der Waals surface area (Å²) in [5.41, 5.74) is 1.61. The molecule has 0 aliphatic carbocycles. The first-order chi connectivity index (χ1) is 12.5. The van der Waals surface area contributed by atoms with Crippen molar-refractivity contribution < 1.29 is 17.6 Å². The largest absolute Gasteiger partial charge is 0.464 e. The number of carbonyl (C=O) groups excluding carboxylic acids is 1. The highest BCUT2D eigenvalue weighted by Crippen LogP contribution is 2.30. The van der Waals surface area contributed by atoms with Crippen LogP contribution >= 0.6 is 0 Å². The Bertz CT molecular complexity index is 1080. The van der Waals surface area contributed by atoms with E-state index in [-0.39, 0.29) is 29.9 Å². The fourth-order valence-corrected chi connectivity index (χ4v) is 5.66. The fourth-order valence-electron chi connectivity index (χ4n) is 3.93. The molecule has 0 radical (unpaired) electrons. The Kier molecular flexibility index (Phi) is 4.23. The second kappa shape index (κ2) is 6.43. The van der Waals surface area contributed by atoms with E-state index in [9.17, 15) is 13.2 Å². The lowest BCUT2D eigenvalue weighted by Crippen LogP contribution is -2.41. The number of furan rings is 1. The highest BCUT2D eigenvalue weighted by molar-refractivity contribution is 7.91. The molecule has 1 saturated heterocycles. The van der Waals surface area contributed by atoms with Crippen LogP contribution in [0.3, 0.4) is 0 Å². The van der Waals surface area contributed by atoms with Crippen LogP contribution in [0.1, 0.15) is 18.9 Å². The predicted octanol–water partition coefficient (Wildman–Crippen LogP) is 3.16. The average Bonchev–Trinajstić information content (AvgIpc) is 3.19. The van der Waals surface area contributed by atoms with Crippen molar-refractivity contribution >= 4 is 37.5 Å². The second-order valence-corrected chi connectivity index (χ2v) is 9.06. The van der Waals surface area contributed by atoms with Gasteiger partial charge in [0, 0.05) is 23.5 Å². The molecule has 5 nitrogen and oxygen atoms in total. The molecule has 1 amide bonds. The Hall–Kier alpha value is -2.34. The molecule has 1 atom stereocenters. The maximum absolute atomic E-state index is 12.9. The summed E-state index contributed by atoms with van der Waals surface area (Å²) in [6.45, 7) is 2.40. The molecule has 2 aromatic carbocycles. The number of amides is 1. The molecule has 1 aliphatic heterocycles. The van der Waals surface area contributed by atoms with Crippen molar-refractivity contribution in [1.29, 1.82) is 0 Å². The van der Waals surface area contributed by atoms with Crippen molar-refractivity contribution in [2.45, 2.75) is 25.8 Å². The van der Waals surface area contributed by atoms with Gasteiger partial charge in [0.25, 0.3) is 0 Å². The Morgan fingerprint density at radius 1 is 1.23 bits per heavy atom. The molecule has 0 N–H and O–H groups in total. The van der Waals surface area contributed by atoms with Crippen LogP contribution in [0.5, 0.6) is 0 Å². The molecule has 2 heterocycles. The third kappa shape index (κ3) is 2.98. The van der Waals surface area contributed by atoms with Gasteiger partial charge in [-0.1, -0.05) is 30.3 Å². The van der Waals surface area contributed by atoms with Crippen LogP contribution in [-0.4, -0.2) is 43.3 Å². The molecule has 1 aromatic heterocycles. The van der Waals surface area contributed by atoms with E-state index < -0.39 is 9.84 Å². The average molecular weight is 371 g/mol. The van der Waals surface area contributed by atoms with Crippen molar-refractivity contribution in [3.05, 3.63) is 48.2 Å². The van der Waals surface area contributed by atoms with E-state index in [1.807, 2.05) is 43.3 Å². The van der Waals surface area contributed by atoms with Crippen LogP contribution in [0.2, 0.25) is 0 Å². The van der Waals surface area contributed by atoms with Gasteiger partial charge in [-0.25, -0.2) is 8.42 Å². The number of sulfone groups is 1. The first kappa shape index (κ1) is 17.1. The summed E-state index contributed by atoms with van der Waals surface area (Å²) >= 11 is 0. The molecule has 0 unspecified atom stereocenters. The van der Waals surface area contributed by atoms with Crippen LogP contribution in [0, 0.1) is 0 Å². The monoisotopic (exact) mass is 371 g/mol. The van der Waals surface area contributed by atoms with Crippen LogP contribution in [0.15, 0.2) is 47.1 Å². The van der Waals surface area contributed by atoms with Gasteiger partial charge in [-0.15, -0.1) is 0 Å². The number of hydrogen-bond donors (Lipinski definition) is 0. The smallest absolute Gasteiger partial charge is 0.227 e. The van der Waals surface area contributed by atoms with E-state index in [0.29, 0.717) is 13.0 Å². The van der Waals surface area contributed by atoms with E-state index in [0.717, 1.165) is 27.3 Å². The van der Waals surface area contributed by atoms with Gasteiger partial charge in [-0.05, 0) is 30.2 Å². The molecule has 1 fully saturated rings. The molecule has 0 spiro atoms. The minimum absolute atomic E-state index is 0.0507. The lowest BCUT2D eigenvalue weighted by atomic mass is 10.0. The first-order valence-corrected chi connectivity index (χ1v) is 10.7. The van der Waals surface area contributed by atoms with E-state index in [1.165, 1.54) is 0 Å². The van der Waals surface area contributed by atoms with Gasteiger partial charge in [0.1, 0.15) is 5.58 Å². The summed E-state index contributed by atoms with van der Waals surface area (Å²) in [7, 11) is -3.02. The summed E-state index contributed by atoms with van der Waals surface area (Å²) in [5, 5.41) is 3.13. The third-order valence-electron chi connectivity index (χ3n) is 5.19. The van der Waals surface area contributed by atoms with Gasteiger partial charge in [0.15, 0.2) is 9.84 Å². The molecule has 0 bridgehead atoms. The predicted molar refractivity (Wildman–Crippen MR) is 102 cm³/mol. The normalized spacial score (nSPS) is 19.2. The first-order valence-electron chi connectivity index (χ1n) is 8.86. The number of fused-ring (bicyclic) bond motifs is 3. The van der Waals surface area contributed by atoms with Crippen LogP contribution < -0.4 is 0 Å². The maximum atomic E-state index is 12.9. The van der Waals surface area contributed by atoms with E-state index >= 15 is 0 Å². The van der Waals surface area contributed by atoms with Crippen molar-refractivity contribution in [1.82, 2.24) is 4.90 Å². The second-order valence-electron chi connectivity index (χ2n) is 6.83. The van der Waals surface area contributed by atoms with Gasteiger partial charge in [0.2, 0.25) is 5.91 Å². The van der Waals surface area contributed by atoms with Gasteiger partial charge in [0.05, 0.1) is 24.2 Å². The Balaban J connectivity index is 1.66. The summed E-state index contributed by atoms with van der Waals surface area (Å²) in [6, 6.07) is 11.7. The van der Waals surface area contributed by atoms with Gasteiger partial charge >= 0.3 is 0 Å². The molecular weight excluding hydrogens is 350 g/mol. The summed E-state index contributed by atoms with van der Waals surface area (Å²) in [6.07, 6.45) is 2.39. The lowest BCUT2D eigenvalue weighted by molar-refractivity contribution is -0.132. The molecular formula is C20H21NO4S. The Morgan fingerprint density at radius 2 is 2.04 bits per heavy atom. The molecule has 3 aromatic rings. The molecule has 136 valence electrons. The van der Waals surface area contributed by atoms with Crippen molar-refractivity contribution in [2.75, 3.05) is 18.1 Å². The highest BCUT2D eigenvalue weighted by Gasteiger charge is 2.34. The molecule has 0 saturated carbocycles. The zero-order chi connectivity index (χ0) is 18.3. The topological polar surface area (TPSA) is 67.6 Å². The fraction of sp³-hybridized carbons (Fsp3) is 0.350. The minimum atomic E-state index is -3.02. The van der Waals surface area contributed by atoms with Gasteiger partial charge < -0.3 is 9.32 Å². The van der Waals surface area contributed by atoms with Crippen LogP contribution in [0.4, 0.5) is 0 Å². The summed E-state index contributed by atoms with van der Waals surface area (Å²) < 4.78 is 29.2. The van der Waals surface area contributed by atoms with E-state index in [1.54, 1.807) is 11.2 Å². The quantitative estimate of drug-likeness (QED) is 0.706. The lowest BCUT2D eigenvalue weighted by Gasteiger charge is -2.26. The van der Waals surface area contributed by atoms with Gasteiger partial charge in [-0.3, -0.25) is 4.79 Å². The Morgan fingerprint density at radius 3 is 2.77 bits per heavy atom. The number of nitrogens with zero attached hydrogens (tertiary/aromatic N) is 1. The number of likely N-dealkylation sites (N-methyl/N-ethyl adjacent to an activating group) is 1. The summed E-state index contributed by atoms with van der Waals surface area (Å²) in [5.74, 6) is 0.188. The summed E-state index contributed by atoms with van der Waals surface area (Å²) in [4.78, 5) is 14.6. The van der Waals surface area contributed by atoms with Crippen molar-refractivity contribution in [3.8, 4) is 0 Å². The van der Waals surface area contributed by atoms with E-state index in [4.69, 9.17) is 4.42 Å². The molecule has 6 heteroatoms. The molecule has 4 rings (SSSR count). The molecule has 26 heavy (non-hydrogen) atoms.